The van der Waals surface area contributed by atoms with Gasteiger partial charge < -0.3 is 20.9 Å². The fourth-order valence-electron chi connectivity index (χ4n) is 0.693. The average Bonchev–Trinajstić information content (AvgIpc) is 2.18. The van der Waals surface area contributed by atoms with Gasteiger partial charge in [0.15, 0.2) is 0 Å². The summed E-state index contributed by atoms with van der Waals surface area (Å²) in [6.45, 7) is 0.923. The Morgan fingerprint density at radius 2 is 2.27 bits per heavy atom. The van der Waals surface area contributed by atoms with E-state index in [0.29, 0.717) is 13.2 Å². The Morgan fingerprint density at radius 3 is 2.80 bits per heavy atom. The number of hydrogen-bond donors (Lipinski definition) is 3. The molecular formula is C8H16N2O4S. The molecule has 0 radical (unpaired) electrons. The lowest BCUT2D eigenvalue weighted by molar-refractivity contribution is -0.137. The molecule has 1 amide bonds. The third kappa shape index (κ3) is 8.22. The van der Waals surface area contributed by atoms with E-state index >= 15 is 0 Å². The number of ether oxygens (including phenoxy) is 1. The lowest BCUT2D eigenvalue weighted by Gasteiger charge is -2.06. The molecule has 15 heavy (non-hydrogen) atoms. The van der Waals surface area contributed by atoms with Gasteiger partial charge in [-0.25, -0.2) is 0 Å². The first-order valence-corrected chi connectivity index (χ1v) is 5.55. The van der Waals surface area contributed by atoms with Crippen LogP contribution in [0.3, 0.4) is 0 Å². The van der Waals surface area contributed by atoms with Crippen molar-refractivity contribution in [2.24, 2.45) is 5.73 Å². The maximum absolute atomic E-state index is 11.1. The molecule has 6 nitrogen and oxygen atoms in total. The quantitative estimate of drug-likeness (QED) is 0.462. The fourth-order valence-corrected chi connectivity index (χ4v) is 1.50. The third-order valence-corrected chi connectivity index (χ3v) is 2.54. The van der Waals surface area contributed by atoms with Crippen LogP contribution in [-0.2, 0) is 14.3 Å². The second kappa shape index (κ2) is 8.51. The van der Waals surface area contributed by atoms with Crippen molar-refractivity contribution in [3.05, 3.63) is 0 Å². The molecule has 0 aliphatic heterocycles. The highest BCUT2D eigenvalue weighted by Gasteiger charge is 2.11. The van der Waals surface area contributed by atoms with E-state index in [-0.39, 0.29) is 17.4 Å². The smallest absolute Gasteiger partial charge is 0.321 e. The minimum atomic E-state index is -1.05. The van der Waals surface area contributed by atoms with E-state index in [1.54, 1.807) is 7.11 Å². The van der Waals surface area contributed by atoms with Crippen molar-refractivity contribution >= 4 is 23.6 Å². The summed E-state index contributed by atoms with van der Waals surface area (Å²) in [4.78, 5) is 21.4. The van der Waals surface area contributed by atoms with Crippen LogP contribution in [-0.4, -0.2) is 54.8 Å². The van der Waals surface area contributed by atoms with Crippen LogP contribution in [0.5, 0.6) is 0 Å². The Labute approximate surface area is 92.5 Å². The fraction of sp³-hybridized carbons (Fsp3) is 0.750. The molecule has 0 aromatic heterocycles. The van der Waals surface area contributed by atoms with Crippen molar-refractivity contribution in [3.8, 4) is 0 Å². The van der Waals surface area contributed by atoms with Crippen molar-refractivity contribution in [2.75, 3.05) is 31.8 Å². The Kier molecular flexibility index (Phi) is 8.06. The summed E-state index contributed by atoms with van der Waals surface area (Å²) in [6, 6.07) is -0.915. The molecule has 0 unspecified atom stereocenters. The van der Waals surface area contributed by atoms with E-state index in [1.807, 2.05) is 0 Å². The molecule has 0 aromatic carbocycles. The number of thioether (sulfide) groups is 1. The number of aliphatic carboxylic acids is 1. The zero-order valence-electron chi connectivity index (χ0n) is 8.56. The summed E-state index contributed by atoms with van der Waals surface area (Å²) in [5.41, 5.74) is 5.25. The molecule has 0 saturated heterocycles. The van der Waals surface area contributed by atoms with Gasteiger partial charge >= 0.3 is 5.97 Å². The van der Waals surface area contributed by atoms with Gasteiger partial charge in [0, 0.05) is 19.4 Å². The van der Waals surface area contributed by atoms with Crippen molar-refractivity contribution in [3.63, 3.8) is 0 Å². The van der Waals surface area contributed by atoms with Crippen LogP contribution in [0.4, 0.5) is 0 Å². The van der Waals surface area contributed by atoms with Gasteiger partial charge in [0.05, 0.1) is 12.4 Å². The second-order valence-electron chi connectivity index (χ2n) is 2.80. The lowest BCUT2D eigenvalue weighted by atomic mass is 10.4. The molecule has 4 N–H and O–H groups in total. The summed E-state index contributed by atoms with van der Waals surface area (Å²) in [6.07, 6.45) is 0. The van der Waals surface area contributed by atoms with E-state index in [0.717, 1.165) is 0 Å². The summed E-state index contributed by atoms with van der Waals surface area (Å²) in [5.74, 6) is -0.755. The van der Waals surface area contributed by atoms with Crippen LogP contribution in [0, 0.1) is 0 Å². The van der Waals surface area contributed by atoms with Crippen molar-refractivity contribution in [2.45, 2.75) is 6.04 Å². The first-order chi connectivity index (χ1) is 7.07. The molecule has 0 rings (SSSR count). The maximum Gasteiger partial charge on any atom is 0.321 e. The Morgan fingerprint density at radius 1 is 1.60 bits per heavy atom. The number of carbonyl (C=O) groups excluding carboxylic acids is 1. The number of nitrogens with one attached hydrogen (secondary N) is 1. The Balaban J connectivity index is 3.42. The molecule has 0 spiro atoms. The first-order valence-electron chi connectivity index (χ1n) is 4.39. The van der Waals surface area contributed by atoms with Crippen LogP contribution in [0.25, 0.3) is 0 Å². The van der Waals surface area contributed by atoms with E-state index in [2.05, 4.69) is 5.32 Å². The zero-order valence-corrected chi connectivity index (χ0v) is 9.38. The van der Waals surface area contributed by atoms with E-state index in [9.17, 15) is 9.59 Å². The molecule has 0 fully saturated rings. The summed E-state index contributed by atoms with van der Waals surface area (Å²) in [7, 11) is 1.55. The molecule has 0 aliphatic carbocycles. The molecule has 0 bridgehead atoms. The van der Waals surface area contributed by atoms with E-state index < -0.39 is 12.0 Å². The monoisotopic (exact) mass is 236 g/mol. The number of carboxylic acid groups (broad SMARTS) is 1. The third-order valence-electron chi connectivity index (χ3n) is 1.48. The number of carbonyl (C=O) groups is 2. The Bertz CT molecular complexity index is 213. The van der Waals surface area contributed by atoms with Gasteiger partial charge in [-0.3, -0.25) is 9.59 Å². The minimum Gasteiger partial charge on any atom is -0.480 e. The largest absolute Gasteiger partial charge is 0.480 e. The number of nitrogens with two attached hydrogens (primary N) is 1. The van der Waals surface area contributed by atoms with Crippen molar-refractivity contribution in [1.82, 2.24) is 5.32 Å². The summed E-state index contributed by atoms with van der Waals surface area (Å²) in [5, 5.41) is 11.1. The highest BCUT2D eigenvalue weighted by atomic mass is 32.2. The molecule has 1 atom stereocenters. The molecule has 88 valence electrons. The van der Waals surface area contributed by atoms with E-state index in [1.165, 1.54) is 11.8 Å². The predicted octanol–water partition coefficient (Wildman–Crippen LogP) is -1.11. The van der Waals surface area contributed by atoms with Crippen molar-refractivity contribution < 1.29 is 19.4 Å². The van der Waals surface area contributed by atoms with Gasteiger partial charge in [-0.2, -0.15) is 0 Å². The van der Waals surface area contributed by atoms with Gasteiger partial charge in [0.2, 0.25) is 5.91 Å². The summed E-state index contributed by atoms with van der Waals surface area (Å²) < 4.78 is 4.75. The second-order valence-corrected chi connectivity index (χ2v) is 3.83. The standard InChI is InChI=1S/C8H16N2O4S/c1-14-3-2-10-7(11)5-15-4-6(9)8(12)13/h6H,2-5,9H2,1H3,(H,10,11)(H,12,13)/t6-/m0/s1. The SMILES string of the molecule is COCCNC(=O)CSC[C@H](N)C(=O)O. The van der Waals surface area contributed by atoms with Gasteiger partial charge in [0.1, 0.15) is 6.04 Å². The van der Waals surface area contributed by atoms with Gasteiger partial charge in [-0.15, -0.1) is 11.8 Å². The number of hydrogen-bond acceptors (Lipinski definition) is 5. The van der Waals surface area contributed by atoms with E-state index in [4.69, 9.17) is 15.6 Å². The van der Waals surface area contributed by atoms with Crippen molar-refractivity contribution in [1.29, 1.82) is 0 Å². The molecule has 0 aliphatic rings. The van der Waals surface area contributed by atoms with Crippen LogP contribution in [0.1, 0.15) is 0 Å². The first kappa shape index (κ1) is 14.2. The molecular weight excluding hydrogens is 220 g/mol. The highest BCUT2D eigenvalue weighted by Crippen LogP contribution is 2.01. The number of methoxy groups -OCH3 is 1. The Hall–Kier alpha value is -0.790. The number of carboxylic acids is 1. The number of amides is 1. The normalized spacial score (nSPS) is 12.1. The van der Waals surface area contributed by atoms with Gasteiger partial charge in [0.25, 0.3) is 0 Å². The lowest BCUT2D eigenvalue weighted by Crippen LogP contribution is -2.34. The van der Waals surface area contributed by atoms with Crippen LogP contribution in [0.15, 0.2) is 0 Å². The molecule has 0 aromatic rings. The minimum absolute atomic E-state index is 0.144. The molecule has 7 heteroatoms. The van der Waals surface area contributed by atoms with Crippen LogP contribution in [0.2, 0.25) is 0 Å². The maximum atomic E-state index is 11.1. The van der Waals surface area contributed by atoms with Crippen LogP contribution >= 0.6 is 11.8 Å². The topological polar surface area (TPSA) is 102 Å². The number of rotatable bonds is 8. The zero-order chi connectivity index (χ0) is 11.7. The highest BCUT2D eigenvalue weighted by molar-refractivity contribution is 8.00. The van der Waals surface area contributed by atoms with Gasteiger partial charge in [-0.1, -0.05) is 0 Å². The molecule has 0 heterocycles. The summed E-state index contributed by atoms with van der Waals surface area (Å²) >= 11 is 1.20. The van der Waals surface area contributed by atoms with Gasteiger partial charge in [-0.05, 0) is 0 Å². The molecule has 0 saturated carbocycles. The predicted molar refractivity (Wildman–Crippen MR) is 57.8 cm³/mol. The average molecular weight is 236 g/mol. The van der Waals surface area contributed by atoms with Crippen LogP contribution < -0.4 is 11.1 Å².